The van der Waals surface area contributed by atoms with Gasteiger partial charge in [-0.25, -0.2) is 13.1 Å². The summed E-state index contributed by atoms with van der Waals surface area (Å²) < 4.78 is 32.6. The number of morpholine rings is 1. The van der Waals surface area contributed by atoms with Crippen LogP contribution in [0, 0.1) is 5.92 Å². The number of sulfonamides is 1. The first-order valence-corrected chi connectivity index (χ1v) is 13.2. The zero-order chi connectivity index (χ0) is 23.5. The second kappa shape index (κ2) is 10.1. The number of carbonyl (C=O) groups is 1. The van der Waals surface area contributed by atoms with Crippen LogP contribution >= 0.6 is 0 Å². The maximum Gasteiger partial charge on any atom is 0.254 e. The predicted molar refractivity (Wildman–Crippen MR) is 128 cm³/mol. The van der Waals surface area contributed by atoms with Gasteiger partial charge >= 0.3 is 0 Å². The van der Waals surface area contributed by atoms with E-state index in [1.54, 1.807) is 20.8 Å². The molecule has 1 amide bonds. The van der Waals surface area contributed by atoms with Crippen LogP contribution in [0.2, 0.25) is 0 Å². The Balaban J connectivity index is 1.49. The Morgan fingerprint density at radius 1 is 1.09 bits per heavy atom. The molecule has 1 aromatic rings. The zero-order valence-electron chi connectivity index (χ0n) is 20.1. The van der Waals surface area contributed by atoms with Crippen molar-refractivity contribution in [2.75, 3.05) is 25.0 Å². The number of nitrogens with zero attached hydrogens (tertiary/aromatic N) is 1. The maximum atomic E-state index is 13.0. The van der Waals surface area contributed by atoms with Gasteiger partial charge in [-0.1, -0.05) is 6.07 Å². The molecule has 0 bridgehead atoms. The van der Waals surface area contributed by atoms with E-state index in [4.69, 9.17) is 4.74 Å². The Morgan fingerprint density at radius 2 is 1.72 bits per heavy atom. The first kappa shape index (κ1) is 25.0. The van der Waals surface area contributed by atoms with E-state index < -0.39 is 14.8 Å². The van der Waals surface area contributed by atoms with E-state index in [2.05, 4.69) is 10.0 Å². The molecule has 2 aliphatic rings. The van der Waals surface area contributed by atoms with Crippen molar-refractivity contribution < 1.29 is 17.9 Å². The molecule has 0 aromatic heterocycles. The molecule has 1 aliphatic carbocycles. The van der Waals surface area contributed by atoms with Crippen molar-refractivity contribution in [2.24, 2.45) is 5.92 Å². The standard InChI is InChI=1S/C24H39N3O4S/c1-17-15-27(16-18(2)31-17)23(28)20-7-6-8-22(13-20)25-14-19-9-11-21(12-10-19)26-32(29,30)24(3,4)5/h6-8,13,17-19,21,25-26H,9-12,14-16H2,1-5H3/t17-,18+,19-,21-. The largest absolute Gasteiger partial charge is 0.385 e. The molecule has 8 heteroatoms. The number of nitrogens with one attached hydrogen (secondary N) is 2. The monoisotopic (exact) mass is 465 g/mol. The van der Waals surface area contributed by atoms with Crippen molar-refractivity contribution in [3.05, 3.63) is 29.8 Å². The molecule has 1 saturated heterocycles. The maximum absolute atomic E-state index is 13.0. The number of hydrogen-bond acceptors (Lipinski definition) is 5. The number of ether oxygens (including phenoxy) is 1. The first-order valence-electron chi connectivity index (χ1n) is 11.7. The van der Waals surface area contributed by atoms with Crippen LogP contribution in [0.1, 0.15) is 70.7 Å². The summed E-state index contributed by atoms with van der Waals surface area (Å²) in [4.78, 5) is 14.8. The van der Waals surface area contributed by atoms with E-state index in [1.165, 1.54) is 0 Å². The average Bonchev–Trinajstić information content (AvgIpc) is 2.71. The fraction of sp³-hybridized carbons (Fsp3) is 0.708. The topological polar surface area (TPSA) is 87.7 Å². The second-order valence-corrected chi connectivity index (χ2v) is 12.8. The van der Waals surface area contributed by atoms with Gasteiger partial charge in [-0.05, 0) is 84.4 Å². The molecule has 7 nitrogen and oxygen atoms in total. The Kier molecular flexibility index (Phi) is 7.89. The smallest absolute Gasteiger partial charge is 0.254 e. The molecule has 2 N–H and O–H groups in total. The quantitative estimate of drug-likeness (QED) is 0.670. The van der Waals surface area contributed by atoms with E-state index >= 15 is 0 Å². The van der Waals surface area contributed by atoms with E-state index in [-0.39, 0.29) is 24.2 Å². The highest BCUT2D eigenvalue weighted by Gasteiger charge is 2.33. The summed E-state index contributed by atoms with van der Waals surface area (Å²) in [6.07, 6.45) is 3.76. The first-order chi connectivity index (χ1) is 14.9. The number of benzene rings is 1. The minimum atomic E-state index is -3.31. The van der Waals surface area contributed by atoms with Crippen LogP contribution in [0.25, 0.3) is 0 Å². The van der Waals surface area contributed by atoms with Gasteiger partial charge in [-0.2, -0.15) is 0 Å². The predicted octanol–water partition coefficient (Wildman–Crippen LogP) is 3.62. The van der Waals surface area contributed by atoms with Gasteiger partial charge in [0.05, 0.1) is 17.0 Å². The summed E-state index contributed by atoms with van der Waals surface area (Å²) in [5, 5.41) is 3.48. The minimum Gasteiger partial charge on any atom is -0.385 e. The Hall–Kier alpha value is -1.64. The molecule has 0 unspecified atom stereocenters. The fourth-order valence-corrected chi connectivity index (χ4v) is 5.46. The lowest BCUT2D eigenvalue weighted by molar-refractivity contribution is -0.0586. The molecule has 180 valence electrons. The Labute approximate surface area is 193 Å². The third-order valence-corrected chi connectivity index (χ3v) is 8.64. The number of amides is 1. The average molecular weight is 466 g/mol. The summed E-state index contributed by atoms with van der Waals surface area (Å²) in [7, 11) is -3.31. The highest BCUT2D eigenvalue weighted by Crippen LogP contribution is 2.27. The third kappa shape index (κ3) is 6.45. The van der Waals surface area contributed by atoms with E-state index in [0.717, 1.165) is 37.9 Å². The summed E-state index contributed by atoms with van der Waals surface area (Å²) in [5.41, 5.74) is 1.64. The summed E-state index contributed by atoms with van der Waals surface area (Å²) in [6, 6.07) is 7.72. The fourth-order valence-electron chi connectivity index (χ4n) is 4.43. The molecule has 1 aromatic carbocycles. The Morgan fingerprint density at radius 3 is 2.31 bits per heavy atom. The van der Waals surface area contributed by atoms with E-state index in [9.17, 15) is 13.2 Å². The van der Waals surface area contributed by atoms with E-state index in [1.807, 2.05) is 43.0 Å². The molecule has 2 atom stereocenters. The van der Waals surface area contributed by atoms with Crippen LogP contribution < -0.4 is 10.0 Å². The number of carbonyl (C=O) groups excluding carboxylic acids is 1. The van der Waals surface area contributed by atoms with Crippen LogP contribution in [0.5, 0.6) is 0 Å². The summed E-state index contributed by atoms with van der Waals surface area (Å²) in [6.45, 7) is 11.2. The van der Waals surface area contributed by atoms with Gasteiger partial charge in [-0.3, -0.25) is 4.79 Å². The molecule has 1 saturated carbocycles. The van der Waals surface area contributed by atoms with Crippen molar-refractivity contribution in [2.45, 2.75) is 83.3 Å². The van der Waals surface area contributed by atoms with Crippen molar-refractivity contribution in [1.29, 1.82) is 0 Å². The van der Waals surface area contributed by atoms with Gasteiger partial charge in [0.15, 0.2) is 0 Å². The SMILES string of the molecule is C[C@@H]1CN(C(=O)c2cccc(NC[C@H]3CC[C@H](NS(=O)(=O)C(C)(C)C)CC3)c2)C[C@H](C)O1. The van der Waals surface area contributed by atoms with Crippen molar-refractivity contribution in [3.8, 4) is 0 Å². The van der Waals surface area contributed by atoms with Gasteiger partial charge in [-0.15, -0.1) is 0 Å². The minimum absolute atomic E-state index is 0.0229. The van der Waals surface area contributed by atoms with Crippen molar-refractivity contribution in [3.63, 3.8) is 0 Å². The van der Waals surface area contributed by atoms with Crippen LogP contribution in [-0.4, -0.2) is 61.9 Å². The lowest BCUT2D eigenvalue weighted by Gasteiger charge is -2.35. The van der Waals surface area contributed by atoms with Crippen LogP contribution in [0.4, 0.5) is 5.69 Å². The van der Waals surface area contributed by atoms with Gasteiger partial charge in [0, 0.05) is 36.9 Å². The van der Waals surface area contributed by atoms with E-state index in [0.29, 0.717) is 24.6 Å². The van der Waals surface area contributed by atoms with Crippen molar-refractivity contribution in [1.82, 2.24) is 9.62 Å². The molecular weight excluding hydrogens is 426 g/mol. The lowest BCUT2D eigenvalue weighted by atomic mass is 9.86. The molecule has 1 heterocycles. The molecular formula is C24H39N3O4S. The number of rotatable bonds is 6. The van der Waals surface area contributed by atoms with Crippen LogP contribution in [0.3, 0.4) is 0 Å². The molecule has 0 radical (unpaired) electrons. The van der Waals surface area contributed by atoms with Gasteiger partial charge in [0.25, 0.3) is 5.91 Å². The zero-order valence-corrected chi connectivity index (χ0v) is 20.9. The highest BCUT2D eigenvalue weighted by atomic mass is 32.2. The molecule has 2 fully saturated rings. The third-order valence-electron chi connectivity index (χ3n) is 6.39. The highest BCUT2D eigenvalue weighted by molar-refractivity contribution is 7.90. The normalized spacial score (nSPS) is 27.2. The lowest BCUT2D eigenvalue weighted by Crippen LogP contribution is -2.48. The Bertz CT molecular complexity index is 879. The van der Waals surface area contributed by atoms with Gasteiger partial charge in [0.1, 0.15) is 0 Å². The number of anilines is 1. The number of hydrogen-bond donors (Lipinski definition) is 2. The van der Waals surface area contributed by atoms with Crippen LogP contribution in [-0.2, 0) is 14.8 Å². The van der Waals surface area contributed by atoms with Gasteiger partial charge in [0.2, 0.25) is 10.0 Å². The molecule has 3 rings (SSSR count). The summed E-state index contributed by atoms with van der Waals surface area (Å²) in [5.74, 6) is 0.535. The summed E-state index contributed by atoms with van der Waals surface area (Å²) >= 11 is 0. The van der Waals surface area contributed by atoms with Crippen LogP contribution in [0.15, 0.2) is 24.3 Å². The second-order valence-electron chi connectivity index (χ2n) is 10.4. The van der Waals surface area contributed by atoms with Crippen molar-refractivity contribution >= 4 is 21.6 Å². The molecule has 0 spiro atoms. The van der Waals surface area contributed by atoms with Gasteiger partial charge < -0.3 is 15.0 Å². The molecule has 32 heavy (non-hydrogen) atoms. The molecule has 1 aliphatic heterocycles.